The molecule has 0 aromatic heterocycles. The first-order valence-corrected chi connectivity index (χ1v) is 9.16. The summed E-state index contributed by atoms with van der Waals surface area (Å²) in [6, 6.07) is 7.43. The van der Waals surface area contributed by atoms with Crippen molar-refractivity contribution in [3.05, 3.63) is 29.8 Å². The Hall–Kier alpha value is -2.08. The molecule has 0 atom stereocenters. The number of amides is 2. The second-order valence-electron chi connectivity index (χ2n) is 6.82. The molecule has 2 amide bonds. The number of nitrogens with zero attached hydrogens (tertiary/aromatic N) is 2. The van der Waals surface area contributed by atoms with Crippen LogP contribution in [0.4, 0.5) is 10.5 Å². The van der Waals surface area contributed by atoms with E-state index in [9.17, 15) is 9.59 Å². The highest BCUT2D eigenvalue weighted by Gasteiger charge is 2.27. The first kappa shape index (κ1) is 17.7. The van der Waals surface area contributed by atoms with E-state index >= 15 is 0 Å². The van der Waals surface area contributed by atoms with Gasteiger partial charge in [-0.05, 0) is 31.0 Å². The third-order valence-corrected chi connectivity index (χ3v) is 5.23. The SMILES string of the molecule is COC(=O)c1cccc(NC(=O)N2CCN(C3CCCCC3)CC2)c1. The highest BCUT2D eigenvalue weighted by atomic mass is 16.5. The van der Waals surface area contributed by atoms with Crippen molar-refractivity contribution in [2.75, 3.05) is 38.6 Å². The van der Waals surface area contributed by atoms with Crippen LogP contribution in [-0.2, 0) is 4.74 Å². The van der Waals surface area contributed by atoms with Crippen molar-refractivity contribution >= 4 is 17.7 Å². The smallest absolute Gasteiger partial charge is 0.337 e. The fourth-order valence-electron chi connectivity index (χ4n) is 3.78. The molecule has 136 valence electrons. The van der Waals surface area contributed by atoms with Gasteiger partial charge in [-0.3, -0.25) is 4.90 Å². The lowest BCUT2D eigenvalue weighted by Gasteiger charge is -2.40. The zero-order valence-corrected chi connectivity index (χ0v) is 14.9. The topological polar surface area (TPSA) is 61.9 Å². The highest BCUT2D eigenvalue weighted by Crippen LogP contribution is 2.23. The summed E-state index contributed by atoms with van der Waals surface area (Å²) in [6.07, 6.45) is 6.63. The maximum absolute atomic E-state index is 12.5. The molecule has 25 heavy (non-hydrogen) atoms. The van der Waals surface area contributed by atoms with Gasteiger partial charge in [0.1, 0.15) is 0 Å². The van der Waals surface area contributed by atoms with E-state index in [1.54, 1.807) is 24.3 Å². The molecule has 0 bridgehead atoms. The lowest BCUT2D eigenvalue weighted by atomic mass is 9.94. The Bertz CT molecular complexity index is 606. The Balaban J connectivity index is 1.52. The molecule has 2 aliphatic rings. The van der Waals surface area contributed by atoms with Crippen LogP contribution >= 0.6 is 0 Å². The molecule has 6 nitrogen and oxygen atoms in total. The summed E-state index contributed by atoms with van der Waals surface area (Å²) < 4.78 is 4.71. The molecular formula is C19H27N3O3. The van der Waals surface area contributed by atoms with E-state index in [0.717, 1.165) is 26.2 Å². The number of piperazine rings is 1. The second-order valence-corrected chi connectivity index (χ2v) is 6.82. The van der Waals surface area contributed by atoms with Crippen molar-refractivity contribution in [3.8, 4) is 0 Å². The number of nitrogens with one attached hydrogen (secondary N) is 1. The highest BCUT2D eigenvalue weighted by molar-refractivity contribution is 5.93. The largest absolute Gasteiger partial charge is 0.465 e. The Morgan fingerprint density at radius 3 is 2.48 bits per heavy atom. The van der Waals surface area contributed by atoms with Gasteiger partial charge in [0.05, 0.1) is 12.7 Å². The summed E-state index contributed by atoms with van der Waals surface area (Å²) in [5, 5.41) is 2.89. The van der Waals surface area contributed by atoms with Gasteiger partial charge < -0.3 is 15.0 Å². The number of hydrogen-bond donors (Lipinski definition) is 1. The Morgan fingerprint density at radius 1 is 1.08 bits per heavy atom. The van der Waals surface area contributed by atoms with E-state index < -0.39 is 5.97 Å². The average Bonchev–Trinajstić information content (AvgIpc) is 2.68. The number of benzene rings is 1. The molecule has 0 unspecified atom stereocenters. The fourth-order valence-corrected chi connectivity index (χ4v) is 3.78. The number of carbonyl (C=O) groups is 2. The zero-order chi connectivity index (χ0) is 17.6. The minimum Gasteiger partial charge on any atom is -0.465 e. The molecule has 1 aromatic rings. The second kappa shape index (κ2) is 8.34. The van der Waals surface area contributed by atoms with Crippen LogP contribution in [0.2, 0.25) is 0 Å². The van der Waals surface area contributed by atoms with E-state index in [0.29, 0.717) is 17.3 Å². The van der Waals surface area contributed by atoms with Crippen molar-refractivity contribution in [2.45, 2.75) is 38.1 Å². The van der Waals surface area contributed by atoms with E-state index in [1.165, 1.54) is 39.2 Å². The van der Waals surface area contributed by atoms with Crippen LogP contribution in [0.5, 0.6) is 0 Å². The summed E-state index contributed by atoms with van der Waals surface area (Å²) in [5.74, 6) is -0.405. The lowest BCUT2D eigenvalue weighted by molar-refractivity contribution is 0.0600. The van der Waals surface area contributed by atoms with Crippen molar-refractivity contribution in [1.29, 1.82) is 0 Å². The minimum atomic E-state index is -0.405. The number of ether oxygens (including phenoxy) is 1. The molecule has 2 fully saturated rings. The Morgan fingerprint density at radius 2 is 1.80 bits per heavy atom. The van der Waals surface area contributed by atoms with Crippen molar-refractivity contribution < 1.29 is 14.3 Å². The van der Waals surface area contributed by atoms with Crippen molar-refractivity contribution in [3.63, 3.8) is 0 Å². The van der Waals surface area contributed by atoms with Gasteiger partial charge in [-0.2, -0.15) is 0 Å². The van der Waals surface area contributed by atoms with E-state index in [2.05, 4.69) is 10.2 Å². The summed E-state index contributed by atoms with van der Waals surface area (Å²) in [4.78, 5) is 28.5. The number of esters is 1. The molecule has 0 spiro atoms. The predicted molar refractivity (Wildman–Crippen MR) is 96.8 cm³/mol. The standard InChI is InChI=1S/C19H27N3O3/c1-25-18(23)15-6-5-7-16(14-15)20-19(24)22-12-10-21(11-13-22)17-8-3-2-4-9-17/h5-7,14,17H,2-4,8-13H2,1H3,(H,20,24). The van der Waals surface area contributed by atoms with Gasteiger partial charge in [-0.1, -0.05) is 25.3 Å². The summed E-state index contributed by atoms with van der Waals surface area (Å²) in [7, 11) is 1.35. The van der Waals surface area contributed by atoms with Gasteiger partial charge in [0.15, 0.2) is 0 Å². The van der Waals surface area contributed by atoms with Crippen LogP contribution in [0.25, 0.3) is 0 Å². The summed E-state index contributed by atoms with van der Waals surface area (Å²) in [6.45, 7) is 3.39. The molecule has 1 heterocycles. The fraction of sp³-hybridized carbons (Fsp3) is 0.579. The van der Waals surface area contributed by atoms with Crippen LogP contribution in [0.1, 0.15) is 42.5 Å². The summed E-state index contributed by atoms with van der Waals surface area (Å²) in [5.41, 5.74) is 1.05. The van der Waals surface area contributed by atoms with Crippen molar-refractivity contribution in [1.82, 2.24) is 9.80 Å². The Kier molecular flexibility index (Phi) is 5.91. The number of hydrogen-bond acceptors (Lipinski definition) is 4. The van der Waals surface area contributed by atoms with Gasteiger partial charge in [0, 0.05) is 37.9 Å². The molecule has 1 saturated heterocycles. The number of methoxy groups -OCH3 is 1. The van der Waals surface area contributed by atoms with Crippen LogP contribution in [0, 0.1) is 0 Å². The van der Waals surface area contributed by atoms with Crippen LogP contribution in [0.3, 0.4) is 0 Å². The Labute approximate surface area is 149 Å². The average molecular weight is 345 g/mol. The van der Waals surface area contributed by atoms with Gasteiger partial charge in [0.25, 0.3) is 0 Å². The van der Waals surface area contributed by atoms with Gasteiger partial charge in [0.2, 0.25) is 0 Å². The molecule has 1 N–H and O–H groups in total. The monoisotopic (exact) mass is 345 g/mol. The van der Waals surface area contributed by atoms with Crippen LogP contribution in [0.15, 0.2) is 24.3 Å². The van der Waals surface area contributed by atoms with Gasteiger partial charge >= 0.3 is 12.0 Å². The molecular weight excluding hydrogens is 318 g/mol. The molecule has 1 aromatic carbocycles. The maximum Gasteiger partial charge on any atom is 0.337 e. The van der Waals surface area contributed by atoms with Gasteiger partial charge in [-0.15, -0.1) is 0 Å². The number of rotatable bonds is 3. The van der Waals surface area contributed by atoms with E-state index in [-0.39, 0.29) is 6.03 Å². The first-order valence-electron chi connectivity index (χ1n) is 9.16. The molecule has 0 radical (unpaired) electrons. The van der Waals surface area contributed by atoms with Crippen LogP contribution in [-0.4, -0.2) is 61.1 Å². The van der Waals surface area contributed by atoms with Crippen LogP contribution < -0.4 is 5.32 Å². The predicted octanol–water partition coefficient (Wildman–Crippen LogP) is 2.96. The molecule has 3 rings (SSSR count). The van der Waals surface area contributed by atoms with E-state index in [4.69, 9.17) is 4.74 Å². The molecule has 1 aliphatic heterocycles. The maximum atomic E-state index is 12.5. The normalized spacial score (nSPS) is 19.5. The quantitative estimate of drug-likeness (QED) is 0.856. The molecule has 6 heteroatoms. The third-order valence-electron chi connectivity index (χ3n) is 5.23. The third kappa shape index (κ3) is 4.51. The zero-order valence-electron chi connectivity index (χ0n) is 14.9. The molecule has 1 saturated carbocycles. The minimum absolute atomic E-state index is 0.106. The molecule has 1 aliphatic carbocycles. The number of urea groups is 1. The number of carbonyl (C=O) groups excluding carboxylic acids is 2. The lowest BCUT2D eigenvalue weighted by Crippen LogP contribution is -2.53. The van der Waals surface area contributed by atoms with Gasteiger partial charge in [-0.25, -0.2) is 9.59 Å². The van der Waals surface area contributed by atoms with Crippen molar-refractivity contribution in [2.24, 2.45) is 0 Å². The first-order chi connectivity index (χ1) is 12.2. The number of anilines is 1. The van der Waals surface area contributed by atoms with E-state index in [1.807, 2.05) is 4.90 Å². The summed E-state index contributed by atoms with van der Waals surface area (Å²) >= 11 is 0.